The minimum absolute atomic E-state index is 0.103. The van der Waals surface area contributed by atoms with Crippen molar-refractivity contribution in [3.8, 4) is 6.07 Å². The molecule has 1 aliphatic heterocycles. The lowest BCUT2D eigenvalue weighted by Gasteiger charge is -2.35. The van der Waals surface area contributed by atoms with Gasteiger partial charge in [0, 0.05) is 6.54 Å². The van der Waals surface area contributed by atoms with Crippen LogP contribution < -0.4 is 4.90 Å². The Morgan fingerprint density at radius 1 is 1.53 bits per heavy atom. The zero-order chi connectivity index (χ0) is 12.4. The second-order valence-corrected chi connectivity index (χ2v) is 4.97. The molecule has 2 heterocycles. The number of nitrogens with zero attached hydrogens (tertiary/aromatic N) is 3. The van der Waals surface area contributed by atoms with Crippen molar-refractivity contribution in [2.24, 2.45) is 0 Å². The Kier molecular flexibility index (Phi) is 3.79. The van der Waals surface area contributed by atoms with E-state index in [2.05, 4.69) is 4.37 Å². The van der Waals surface area contributed by atoms with Crippen LogP contribution in [0.15, 0.2) is 0 Å². The molecule has 17 heavy (non-hydrogen) atoms. The Morgan fingerprint density at radius 2 is 2.29 bits per heavy atom. The fraction of sp³-hybridized carbons (Fsp3) is 0.600. The first kappa shape index (κ1) is 12.5. The van der Waals surface area contributed by atoms with Crippen molar-refractivity contribution in [3.63, 3.8) is 0 Å². The standard InChI is InChI=1S/C10H10ClF2N3S/c11-8-6(5-14)10(17-15-8)16-4-2-1-3-7(16)9(12)13/h7,9H,1-4H2/t7-/m0/s1. The molecule has 0 unspecified atom stereocenters. The lowest BCUT2D eigenvalue weighted by Crippen LogP contribution is -2.44. The van der Waals surface area contributed by atoms with Gasteiger partial charge in [0.15, 0.2) is 5.15 Å². The molecule has 0 N–H and O–H groups in total. The van der Waals surface area contributed by atoms with Gasteiger partial charge in [-0.1, -0.05) is 11.6 Å². The van der Waals surface area contributed by atoms with Crippen LogP contribution in [0.4, 0.5) is 13.8 Å². The van der Waals surface area contributed by atoms with Crippen molar-refractivity contribution in [2.45, 2.75) is 31.7 Å². The Balaban J connectivity index is 2.33. The van der Waals surface area contributed by atoms with Gasteiger partial charge in [0.2, 0.25) is 0 Å². The van der Waals surface area contributed by atoms with Crippen LogP contribution >= 0.6 is 23.1 Å². The van der Waals surface area contributed by atoms with Crippen molar-refractivity contribution in [3.05, 3.63) is 10.7 Å². The average molecular weight is 278 g/mol. The molecular formula is C10H10ClF2N3S. The molecule has 0 aliphatic carbocycles. The third-order valence-electron chi connectivity index (χ3n) is 2.85. The summed E-state index contributed by atoms with van der Waals surface area (Å²) in [5, 5.41) is 9.54. The molecule has 0 aromatic carbocycles. The number of alkyl halides is 2. The van der Waals surface area contributed by atoms with Gasteiger partial charge >= 0.3 is 0 Å². The van der Waals surface area contributed by atoms with E-state index >= 15 is 0 Å². The van der Waals surface area contributed by atoms with Crippen LogP contribution in [0.5, 0.6) is 0 Å². The highest BCUT2D eigenvalue weighted by atomic mass is 35.5. The van der Waals surface area contributed by atoms with E-state index in [4.69, 9.17) is 16.9 Å². The van der Waals surface area contributed by atoms with Crippen molar-refractivity contribution < 1.29 is 8.78 Å². The van der Waals surface area contributed by atoms with E-state index in [0.717, 1.165) is 24.4 Å². The van der Waals surface area contributed by atoms with Crippen LogP contribution in [-0.2, 0) is 0 Å². The molecule has 1 aliphatic rings. The van der Waals surface area contributed by atoms with E-state index < -0.39 is 12.5 Å². The highest BCUT2D eigenvalue weighted by Gasteiger charge is 2.33. The van der Waals surface area contributed by atoms with Crippen LogP contribution in [0.1, 0.15) is 24.8 Å². The second-order valence-electron chi connectivity index (χ2n) is 3.86. The first-order valence-corrected chi connectivity index (χ1v) is 6.40. The number of hydrogen-bond donors (Lipinski definition) is 0. The van der Waals surface area contributed by atoms with Gasteiger partial charge in [0.25, 0.3) is 6.43 Å². The zero-order valence-corrected chi connectivity index (χ0v) is 10.4. The maximum absolute atomic E-state index is 12.9. The van der Waals surface area contributed by atoms with Crippen LogP contribution in [0.25, 0.3) is 0 Å². The number of nitriles is 1. The Hall–Kier alpha value is -0.930. The Morgan fingerprint density at radius 3 is 2.94 bits per heavy atom. The lowest BCUT2D eigenvalue weighted by atomic mass is 10.0. The first-order valence-electron chi connectivity index (χ1n) is 5.25. The van der Waals surface area contributed by atoms with E-state index in [1.807, 2.05) is 6.07 Å². The Labute approximate surface area is 107 Å². The van der Waals surface area contributed by atoms with Gasteiger partial charge < -0.3 is 4.90 Å². The summed E-state index contributed by atoms with van der Waals surface area (Å²) in [4.78, 5) is 1.58. The molecule has 3 nitrogen and oxygen atoms in total. The largest absolute Gasteiger partial charge is 0.352 e. The molecular weight excluding hydrogens is 268 g/mol. The molecule has 0 bridgehead atoms. The van der Waals surface area contributed by atoms with Gasteiger partial charge in [-0.25, -0.2) is 8.78 Å². The van der Waals surface area contributed by atoms with E-state index in [1.54, 1.807) is 4.90 Å². The molecule has 0 spiro atoms. The van der Waals surface area contributed by atoms with E-state index in [9.17, 15) is 8.78 Å². The number of halogens is 3. The van der Waals surface area contributed by atoms with Gasteiger partial charge in [-0.05, 0) is 30.8 Å². The second kappa shape index (κ2) is 5.15. The van der Waals surface area contributed by atoms with Gasteiger partial charge in [0.1, 0.15) is 16.6 Å². The number of rotatable bonds is 2. The van der Waals surface area contributed by atoms with Crippen LogP contribution in [0, 0.1) is 11.3 Å². The molecule has 0 radical (unpaired) electrons. The van der Waals surface area contributed by atoms with Crippen LogP contribution in [-0.4, -0.2) is 23.4 Å². The molecule has 2 rings (SSSR count). The number of piperidine rings is 1. The van der Waals surface area contributed by atoms with Gasteiger partial charge in [-0.15, -0.1) is 0 Å². The molecule has 0 amide bonds. The molecule has 1 saturated heterocycles. The molecule has 1 atom stereocenters. The predicted octanol–water partition coefficient (Wildman–Crippen LogP) is 3.29. The van der Waals surface area contributed by atoms with Crippen molar-refractivity contribution in [2.75, 3.05) is 11.4 Å². The minimum atomic E-state index is -2.41. The minimum Gasteiger partial charge on any atom is -0.352 e. The fourth-order valence-electron chi connectivity index (χ4n) is 2.02. The molecule has 1 fully saturated rings. The monoisotopic (exact) mass is 277 g/mol. The fourth-order valence-corrected chi connectivity index (χ4v) is 3.14. The summed E-state index contributed by atoms with van der Waals surface area (Å²) in [6.45, 7) is 0.530. The highest BCUT2D eigenvalue weighted by molar-refractivity contribution is 7.10. The summed E-state index contributed by atoms with van der Waals surface area (Å²) in [7, 11) is 0. The number of hydrogen-bond acceptors (Lipinski definition) is 4. The van der Waals surface area contributed by atoms with Crippen molar-refractivity contribution >= 4 is 28.1 Å². The molecule has 92 valence electrons. The van der Waals surface area contributed by atoms with E-state index in [0.29, 0.717) is 18.0 Å². The maximum atomic E-state index is 12.9. The van der Waals surface area contributed by atoms with Gasteiger partial charge in [-0.2, -0.15) is 9.64 Å². The van der Waals surface area contributed by atoms with Crippen molar-refractivity contribution in [1.82, 2.24) is 4.37 Å². The number of anilines is 1. The maximum Gasteiger partial charge on any atom is 0.258 e. The summed E-state index contributed by atoms with van der Waals surface area (Å²) < 4.78 is 29.7. The average Bonchev–Trinajstić information content (AvgIpc) is 2.70. The third kappa shape index (κ3) is 2.35. The normalized spacial score (nSPS) is 20.6. The van der Waals surface area contributed by atoms with Crippen molar-refractivity contribution in [1.29, 1.82) is 5.26 Å². The summed E-state index contributed by atoms with van der Waals surface area (Å²) >= 11 is 6.77. The van der Waals surface area contributed by atoms with Gasteiger partial charge in [0.05, 0.1) is 6.04 Å². The highest BCUT2D eigenvalue weighted by Crippen LogP contribution is 2.36. The van der Waals surface area contributed by atoms with Gasteiger partial charge in [-0.3, -0.25) is 0 Å². The Bertz CT molecular complexity index is 443. The summed E-state index contributed by atoms with van der Waals surface area (Å²) in [5.41, 5.74) is 0.212. The smallest absolute Gasteiger partial charge is 0.258 e. The summed E-state index contributed by atoms with van der Waals surface area (Å²) in [6, 6.07) is 1.10. The zero-order valence-electron chi connectivity index (χ0n) is 8.87. The topological polar surface area (TPSA) is 39.9 Å². The predicted molar refractivity (Wildman–Crippen MR) is 62.8 cm³/mol. The van der Waals surface area contributed by atoms with Crippen LogP contribution in [0.2, 0.25) is 5.15 Å². The molecule has 0 saturated carbocycles. The molecule has 1 aromatic heterocycles. The lowest BCUT2D eigenvalue weighted by molar-refractivity contribution is 0.100. The molecule has 7 heteroatoms. The summed E-state index contributed by atoms with van der Waals surface area (Å²) in [5.74, 6) is 0. The number of aromatic nitrogens is 1. The van der Waals surface area contributed by atoms with E-state index in [1.165, 1.54) is 0 Å². The SMILES string of the molecule is N#Cc1c(Cl)nsc1N1CCCC[C@H]1C(F)F. The van der Waals surface area contributed by atoms with Crippen LogP contribution in [0.3, 0.4) is 0 Å². The first-order chi connectivity index (χ1) is 8.15. The quantitative estimate of drug-likeness (QED) is 0.833. The van der Waals surface area contributed by atoms with E-state index in [-0.39, 0.29) is 10.7 Å². The third-order valence-corrected chi connectivity index (χ3v) is 4.10. The summed E-state index contributed by atoms with van der Waals surface area (Å²) in [6.07, 6.45) is -0.329. The molecule has 1 aromatic rings.